The van der Waals surface area contributed by atoms with Crippen molar-refractivity contribution in [1.82, 2.24) is 4.57 Å². The summed E-state index contributed by atoms with van der Waals surface area (Å²) in [6.45, 7) is 4.15. The Bertz CT molecular complexity index is 1550. The highest BCUT2D eigenvalue weighted by atomic mass is 35.5. The molecule has 0 spiro atoms. The molecule has 2 aliphatic rings. The van der Waals surface area contributed by atoms with Crippen LogP contribution in [0, 0.1) is 5.41 Å². The van der Waals surface area contributed by atoms with Crippen LogP contribution in [-0.4, -0.2) is 24.6 Å². The van der Waals surface area contributed by atoms with E-state index in [1.807, 2.05) is 18.2 Å². The van der Waals surface area contributed by atoms with Gasteiger partial charge in [0.2, 0.25) is 0 Å². The molecule has 1 atom stereocenters. The van der Waals surface area contributed by atoms with Crippen molar-refractivity contribution in [3.8, 4) is 11.5 Å². The molecule has 8 heteroatoms. The number of nitrogens with zero attached hydrogens (tertiary/aromatic N) is 2. The lowest BCUT2D eigenvalue weighted by Crippen LogP contribution is -2.42. The van der Waals surface area contributed by atoms with Gasteiger partial charge in [-0.3, -0.25) is 14.2 Å². The second-order valence-corrected chi connectivity index (χ2v) is 11.0. The van der Waals surface area contributed by atoms with Crippen molar-refractivity contribution < 1.29 is 14.3 Å². The van der Waals surface area contributed by atoms with E-state index in [-0.39, 0.29) is 16.8 Å². The van der Waals surface area contributed by atoms with Gasteiger partial charge in [0.25, 0.3) is 5.56 Å². The number of ketones is 1. The van der Waals surface area contributed by atoms with E-state index in [9.17, 15) is 9.59 Å². The summed E-state index contributed by atoms with van der Waals surface area (Å²) in [5.74, 6) is 1.32. The summed E-state index contributed by atoms with van der Waals surface area (Å²) < 4.78 is 13.0. The second-order valence-electron chi connectivity index (χ2n) is 9.54. The number of halogens is 1. The third kappa shape index (κ3) is 4.23. The van der Waals surface area contributed by atoms with Crippen LogP contribution in [0.1, 0.15) is 43.9 Å². The first kappa shape index (κ1) is 23.6. The van der Waals surface area contributed by atoms with E-state index >= 15 is 0 Å². The number of allylic oxidation sites excluding steroid dienone is 2. The molecule has 0 N–H and O–H groups in total. The zero-order valence-corrected chi connectivity index (χ0v) is 21.5. The number of methoxy groups -OCH3 is 2. The highest BCUT2D eigenvalue weighted by Crippen LogP contribution is 2.43. The molecule has 180 valence electrons. The standard InChI is InChI=1S/C27H25ClN2O4S/c1-27(2)13-19-23(20(31)14-27)24(15-5-7-17(28)8-6-15)30-25(32)22(35-26(30)29-19)12-16-11-18(33-3)9-10-21(16)34-4/h5-12,24H,13-14H2,1-4H3. The Morgan fingerprint density at radius 2 is 1.83 bits per heavy atom. The van der Waals surface area contributed by atoms with Crippen LogP contribution in [0.4, 0.5) is 0 Å². The van der Waals surface area contributed by atoms with Crippen LogP contribution < -0.4 is 24.4 Å². The van der Waals surface area contributed by atoms with Gasteiger partial charge in [0.1, 0.15) is 11.5 Å². The molecule has 1 unspecified atom stereocenters. The Morgan fingerprint density at radius 3 is 2.51 bits per heavy atom. The molecule has 1 aliphatic carbocycles. The van der Waals surface area contributed by atoms with E-state index < -0.39 is 6.04 Å². The van der Waals surface area contributed by atoms with Crippen LogP contribution in [0.3, 0.4) is 0 Å². The first-order chi connectivity index (χ1) is 16.7. The Balaban J connectivity index is 1.77. The van der Waals surface area contributed by atoms with E-state index in [0.717, 1.165) is 16.8 Å². The van der Waals surface area contributed by atoms with Gasteiger partial charge < -0.3 is 9.47 Å². The first-order valence-corrected chi connectivity index (χ1v) is 12.5. The van der Waals surface area contributed by atoms with Gasteiger partial charge in [-0.05, 0) is 53.8 Å². The van der Waals surface area contributed by atoms with Crippen molar-refractivity contribution >= 4 is 34.8 Å². The number of aromatic nitrogens is 1. The van der Waals surface area contributed by atoms with Crippen LogP contribution in [-0.2, 0) is 4.79 Å². The lowest BCUT2D eigenvalue weighted by molar-refractivity contribution is -0.118. The van der Waals surface area contributed by atoms with Crippen molar-refractivity contribution in [1.29, 1.82) is 0 Å². The molecule has 2 aromatic carbocycles. The van der Waals surface area contributed by atoms with Gasteiger partial charge in [0, 0.05) is 22.6 Å². The van der Waals surface area contributed by atoms with Gasteiger partial charge in [-0.15, -0.1) is 0 Å². The highest BCUT2D eigenvalue weighted by molar-refractivity contribution is 7.07. The number of benzene rings is 2. The van der Waals surface area contributed by atoms with Crippen LogP contribution in [0.2, 0.25) is 5.02 Å². The molecule has 0 amide bonds. The largest absolute Gasteiger partial charge is 0.497 e. The number of carbonyl (C=O) groups is 1. The third-order valence-electron chi connectivity index (χ3n) is 6.40. The fourth-order valence-corrected chi connectivity index (χ4v) is 5.94. The Kier molecular flexibility index (Phi) is 5.93. The van der Waals surface area contributed by atoms with Crippen molar-refractivity contribution in [2.75, 3.05) is 14.2 Å². The maximum Gasteiger partial charge on any atom is 0.271 e. The van der Waals surface area contributed by atoms with E-state index in [1.54, 1.807) is 49.1 Å². The molecular weight excluding hydrogens is 484 g/mol. The van der Waals surface area contributed by atoms with Crippen molar-refractivity contribution in [3.63, 3.8) is 0 Å². The Labute approximate surface area is 211 Å². The minimum absolute atomic E-state index is 0.0312. The number of hydrogen-bond donors (Lipinski definition) is 0. The molecule has 3 aromatic rings. The Hall–Kier alpha value is -3.16. The quantitative estimate of drug-likeness (QED) is 0.527. The number of fused-ring (bicyclic) bond motifs is 1. The van der Waals surface area contributed by atoms with Gasteiger partial charge in [-0.2, -0.15) is 0 Å². The number of carbonyl (C=O) groups excluding carboxylic acids is 1. The molecule has 1 aliphatic heterocycles. The third-order valence-corrected chi connectivity index (χ3v) is 7.64. The predicted molar refractivity (Wildman–Crippen MR) is 137 cm³/mol. The van der Waals surface area contributed by atoms with Crippen molar-refractivity contribution in [2.24, 2.45) is 10.4 Å². The molecule has 0 radical (unpaired) electrons. The van der Waals surface area contributed by atoms with E-state index in [0.29, 0.717) is 44.3 Å². The number of hydrogen-bond acceptors (Lipinski definition) is 6. The van der Waals surface area contributed by atoms with Crippen LogP contribution in [0.15, 0.2) is 63.5 Å². The van der Waals surface area contributed by atoms with Crippen LogP contribution in [0.25, 0.3) is 6.08 Å². The fourth-order valence-electron chi connectivity index (χ4n) is 4.80. The van der Waals surface area contributed by atoms with Crippen molar-refractivity contribution in [3.05, 3.63) is 89.6 Å². The van der Waals surface area contributed by atoms with Crippen LogP contribution >= 0.6 is 22.9 Å². The number of thiazole rings is 1. The maximum atomic E-state index is 13.8. The summed E-state index contributed by atoms with van der Waals surface area (Å²) in [6.07, 6.45) is 2.88. The van der Waals surface area contributed by atoms with Gasteiger partial charge in [0.05, 0.1) is 30.5 Å². The molecular formula is C27H25ClN2O4S. The van der Waals surface area contributed by atoms with E-state index in [4.69, 9.17) is 26.1 Å². The zero-order chi connectivity index (χ0) is 24.9. The average Bonchev–Trinajstić information content (AvgIpc) is 3.12. The summed E-state index contributed by atoms with van der Waals surface area (Å²) in [6, 6.07) is 12.2. The minimum Gasteiger partial charge on any atom is -0.497 e. The molecule has 35 heavy (non-hydrogen) atoms. The number of Topliss-reactive ketones (excluding diaryl/α,β-unsaturated/α-hetero) is 1. The van der Waals surface area contributed by atoms with E-state index in [2.05, 4.69) is 13.8 Å². The topological polar surface area (TPSA) is 69.9 Å². The average molecular weight is 509 g/mol. The maximum absolute atomic E-state index is 13.8. The smallest absolute Gasteiger partial charge is 0.271 e. The van der Waals surface area contributed by atoms with Gasteiger partial charge in [-0.1, -0.05) is 48.9 Å². The number of rotatable bonds is 4. The minimum atomic E-state index is -0.545. The van der Waals surface area contributed by atoms with Crippen LogP contribution in [0.5, 0.6) is 11.5 Å². The molecule has 1 aromatic heterocycles. The summed E-state index contributed by atoms with van der Waals surface area (Å²) >= 11 is 7.45. The summed E-state index contributed by atoms with van der Waals surface area (Å²) in [5, 5.41) is 0.594. The summed E-state index contributed by atoms with van der Waals surface area (Å²) in [5.41, 5.74) is 2.52. The zero-order valence-electron chi connectivity index (χ0n) is 19.9. The molecule has 6 nitrogen and oxygen atoms in total. The lowest BCUT2D eigenvalue weighted by atomic mass is 9.73. The molecule has 0 fully saturated rings. The van der Waals surface area contributed by atoms with Gasteiger partial charge in [0.15, 0.2) is 10.6 Å². The molecule has 5 rings (SSSR count). The Morgan fingerprint density at radius 1 is 1.09 bits per heavy atom. The summed E-state index contributed by atoms with van der Waals surface area (Å²) in [7, 11) is 3.18. The number of ether oxygens (including phenoxy) is 2. The predicted octanol–water partition coefficient (Wildman–Crippen LogP) is 4.28. The molecule has 2 heterocycles. The highest BCUT2D eigenvalue weighted by Gasteiger charge is 2.40. The van der Waals surface area contributed by atoms with E-state index in [1.165, 1.54) is 11.3 Å². The molecule has 0 saturated heterocycles. The normalized spacial score (nSPS) is 19.2. The van der Waals surface area contributed by atoms with Gasteiger partial charge >= 0.3 is 0 Å². The summed E-state index contributed by atoms with van der Waals surface area (Å²) in [4.78, 5) is 32.6. The molecule has 0 bridgehead atoms. The molecule has 0 saturated carbocycles. The fraction of sp³-hybridized carbons (Fsp3) is 0.296. The first-order valence-electron chi connectivity index (χ1n) is 11.3. The second kappa shape index (κ2) is 8.81. The van der Waals surface area contributed by atoms with Crippen molar-refractivity contribution in [2.45, 2.75) is 32.7 Å². The van der Waals surface area contributed by atoms with Gasteiger partial charge in [-0.25, -0.2) is 4.99 Å². The monoisotopic (exact) mass is 508 g/mol. The lowest BCUT2D eigenvalue weighted by Gasteiger charge is -2.35. The SMILES string of the molecule is COc1ccc(OC)c(C=c2sc3n(c2=O)C(c2ccc(Cl)cc2)C2=C(CC(C)(C)CC2=O)N=3)c1.